The Balaban J connectivity index is 0.00000190. The summed E-state index contributed by atoms with van der Waals surface area (Å²) in [7, 11) is 6.62. The van der Waals surface area contributed by atoms with Gasteiger partial charge < -0.3 is 10.4 Å². The van der Waals surface area contributed by atoms with Gasteiger partial charge in [-0.05, 0) is 39.9 Å². The van der Waals surface area contributed by atoms with Crippen LogP contribution in [0.5, 0.6) is 5.75 Å². The number of benzene rings is 2. The third-order valence-corrected chi connectivity index (χ3v) is 5.86. The van der Waals surface area contributed by atoms with Crippen molar-refractivity contribution in [1.29, 1.82) is 0 Å². The Bertz CT molecular complexity index is 800. The van der Waals surface area contributed by atoms with E-state index in [-0.39, 0.29) is 25.2 Å². The number of phenolic OH excluding ortho intramolecular Hbond substituents is 1. The summed E-state index contributed by atoms with van der Waals surface area (Å²) < 4.78 is 13.6. The number of phenols is 1. The number of hydrogen-bond donors (Lipinski definition) is 1. The molecule has 0 aromatic heterocycles. The van der Waals surface area contributed by atoms with Gasteiger partial charge in [-0.2, -0.15) is 7.05 Å². The molecule has 6 heteroatoms. The molecule has 0 bridgehead atoms. The van der Waals surface area contributed by atoms with Crippen molar-refractivity contribution in [3.63, 3.8) is 0 Å². The molecular formula is C22H30ClFNOPTi. The molecule has 0 aliphatic carbocycles. The average molecular weight is 458 g/mol. The van der Waals surface area contributed by atoms with Crippen LogP contribution in [0.25, 0.3) is 5.32 Å². The Morgan fingerprint density at radius 2 is 1.61 bits per heavy atom. The second-order valence-electron chi connectivity index (χ2n) is 8.82. The molecule has 2 aromatic rings. The average Bonchev–Trinajstić information content (AvgIpc) is 2.59. The fourth-order valence-corrected chi connectivity index (χ4v) is 4.11. The third-order valence-electron chi connectivity index (χ3n) is 4.45. The topological polar surface area (TPSA) is 34.3 Å². The van der Waals surface area contributed by atoms with Crippen molar-refractivity contribution in [2.24, 2.45) is 0 Å². The van der Waals surface area contributed by atoms with Crippen molar-refractivity contribution in [1.82, 2.24) is 0 Å². The Kier molecular flexibility index (Phi) is 9.65. The summed E-state index contributed by atoms with van der Waals surface area (Å²) in [5.41, 5.74) is 2.86. The Labute approximate surface area is 186 Å². The van der Waals surface area contributed by atoms with E-state index >= 15 is 0 Å². The quantitative estimate of drug-likeness (QED) is 0.447. The van der Waals surface area contributed by atoms with Crippen LogP contribution >= 0.6 is 17.9 Å². The van der Waals surface area contributed by atoms with Crippen LogP contribution in [-0.2, 0) is 36.7 Å². The SMILES string of the molecule is C[N-]Cc1cc(F)ccc1Pc1cc(C(C)(C)C)cc(C(C)(C)C)c1O.[Cl][Ti+]. The molecule has 0 aliphatic heterocycles. The first-order chi connectivity index (χ1) is 12.9. The summed E-state index contributed by atoms with van der Waals surface area (Å²) in [5.74, 6) is 0.104. The standard InChI is InChI=1S/C22H30FNOP.ClH.Ti/c1-21(2,3)15-11-17(22(4,5)6)20(25)19(12-15)26-18-9-8-16(23)10-14(18)13-24-7;;/h8-12,25-26H,13H2,1-7H3;1H;/q-1;;+2/p-1. The maximum absolute atomic E-state index is 13.6. The number of halogens is 2. The summed E-state index contributed by atoms with van der Waals surface area (Å²) in [4.78, 5) is 0. The molecule has 1 unspecified atom stereocenters. The predicted octanol–water partition coefficient (Wildman–Crippen LogP) is 5.95. The van der Waals surface area contributed by atoms with E-state index in [0.29, 0.717) is 12.3 Å². The fourth-order valence-electron chi connectivity index (χ4n) is 2.86. The minimum atomic E-state index is -0.250. The summed E-state index contributed by atoms with van der Waals surface area (Å²) in [6.07, 6.45) is 0. The first-order valence-electron chi connectivity index (χ1n) is 9.11. The molecule has 0 saturated carbocycles. The van der Waals surface area contributed by atoms with Gasteiger partial charge in [0.25, 0.3) is 0 Å². The van der Waals surface area contributed by atoms with Crippen molar-refractivity contribution < 1.29 is 28.9 Å². The summed E-state index contributed by atoms with van der Waals surface area (Å²) in [6, 6.07) is 9.06. The van der Waals surface area contributed by atoms with E-state index in [2.05, 4.69) is 68.3 Å². The second-order valence-corrected chi connectivity index (χ2v) is 10.1. The first-order valence-corrected chi connectivity index (χ1v) is 12.3. The van der Waals surface area contributed by atoms with Crippen LogP contribution in [0.15, 0.2) is 30.3 Å². The van der Waals surface area contributed by atoms with Crippen molar-refractivity contribution in [3.05, 3.63) is 58.2 Å². The van der Waals surface area contributed by atoms with Crippen LogP contribution in [0.3, 0.4) is 0 Å². The zero-order valence-electron chi connectivity index (χ0n) is 17.7. The molecule has 0 amide bonds. The minimum absolute atomic E-state index is 0.0166. The fraction of sp³-hybridized carbons (Fsp3) is 0.455. The van der Waals surface area contributed by atoms with E-state index in [1.54, 1.807) is 13.1 Å². The third kappa shape index (κ3) is 6.82. The van der Waals surface area contributed by atoms with Gasteiger partial charge in [0.2, 0.25) is 0 Å². The van der Waals surface area contributed by atoms with Gasteiger partial charge in [0.15, 0.2) is 0 Å². The monoisotopic (exact) mass is 457 g/mol. The molecule has 28 heavy (non-hydrogen) atoms. The molecule has 2 rings (SSSR count). The van der Waals surface area contributed by atoms with Gasteiger partial charge in [0, 0.05) is 10.9 Å². The van der Waals surface area contributed by atoms with E-state index in [0.717, 1.165) is 21.7 Å². The van der Waals surface area contributed by atoms with Gasteiger partial charge >= 0.3 is 28.7 Å². The van der Waals surface area contributed by atoms with E-state index in [4.69, 9.17) is 0 Å². The van der Waals surface area contributed by atoms with Crippen molar-refractivity contribution >= 4 is 28.5 Å². The predicted molar refractivity (Wildman–Crippen MR) is 118 cm³/mol. The zero-order valence-corrected chi connectivity index (χ0v) is 21.1. The van der Waals surface area contributed by atoms with Crippen LogP contribution in [0.4, 0.5) is 4.39 Å². The van der Waals surface area contributed by atoms with E-state index in [1.807, 2.05) is 6.07 Å². The summed E-state index contributed by atoms with van der Waals surface area (Å²) >= 11 is 1.47. The van der Waals surface area contributed by atoms with Crippen molar-refractivity contribution in [2.75, 3.05) is 7.05 Å². The summed E-state index contributed by atoms with van der Waals surface area (Å²) in [5, 5.41) is 17.1. The maximum atomic E-state index is 13.6. The van der Waals surface area contributed by atoms with E-state index in [1.165, 1.54) is 31.0 Å². The van der Waals surface area contributed by atoms with Gasteiger partial charge in [-0.25, -0.2) is 4.39 Å². The first kappa shape index (κ1) is 25.6. The van der Waals surface area contributed by atoms with Gasteiger partial charge in [-0.3, -0.25) is 0 Å². The second kappa shape index (κ2) is 10.6. The molecule has 0 radical (unpaired) electrons. The molecule has 2 aromatic carbocycles. The molecule has 0 saturated heterocycles. The number of rotatable bonds is 4. The zero-order chi connectivity index (χ0) is 21.7. The van der Waals surface area contributed by atoms with E-state index in [9.17, 15) is 9.50 Å². The number of aromatic hydroxyl groups is 1. The Hall–Kier alpha value is -0.436. The van der Waals surface area contributed by atoms with Crippen LogP contribution in [0, 0.1) is 5.82 Å². The molecule has 1 atom stereocenters. The van der Waals surface area contributed by atoms with Gasteiger partial charge in [-0.1, -0.05) is 67.8 Å². The molecule has 0 aliphatic rings. The van der Waals surface area contributed by atoms with Crippen LogP contribution in [-0.4, -0.2) is 12.2 Å². The summed E-state index contributed by atoms with van der Waals surface area (Å²) in [6.45, 7) is 13.3. The van der Waals surface area contributed by atoms with Gasteiger partial charge in [0.05, 0.1) is 0 Å². The van der Waals surface area contributed by atoms with Gasteiger partial charge in [0.1, 0.15) is 11.6 Å². The molecule has 1 N–H and O–H groups in total. The van der Waals surface area contributed by atoms with Gasteiger partial charge in [-0.15, -0.1) is 6.54 Å². The molecule has 152 valence electrons. The normalized spacial score (nSPS) is 12.1. The van der Waals surface area contributed by atoms with Crippen molar-refractivity contribution in [2.45, 2.75) is 58.9 Å². The number of hydrogen-bond acceptors (Lipinski definition) is 1. The molecule has 0 spiro atoms. The molecular weight excluding hydrogens is 428 g/mol. The Morgan fingerprint density at radius 1 is 1.00 bits per heavy atom. The Morgan fingerprint density at radius 3 is 2.11 bits per heavy atom. The van der Waals surface area contributed by atoms with Crippen LogP contribution in [0.1, 0.15) is 58.2 Å². The molecule has 2 nitrogen and oxygen atoms in total. The van der Waals surface area contributed by atoms with E-state index < -0.39 is 0 Å². The number of nitrogens with zero attached hydrogens (tertiary/aromatic N) is 1. The van der Waals surface area contributed by atoms with Crippen LogP contribution < -0.4 is 10.6 Å². The van der Waals surface area contributed by atoms with Crippen LogP contribution in [0.2, 0.25) is 0 Å². The van der Waals surface area contributed by atoms with Crippen molar-refractivity contribution in [3.8, 4) is 5.75 Å². The molecule has 0 fully saturated rings. The molecule has 0 heterocycles.